The number of carboxylic acid groups (broad SMARTS) is 1. The molecule has 0 radical (unpaired) electrons. The average Bonchev–Trinajstić information content (AvgIpc) is 2.63. The standard InChI is InChI=1S/C7H11NO2.ClH/c9-7(10)6-5-3-4(5)1-2-8-6;/h4-6,8H,1-3H2,(H,9,10);1H. The largest absolute Gasteiger partial charge is 0.480 e. The van der Waals surface area contributed by atoms with E-state index in [1.807, 2.05) is 0 Å². The first-order chi connectivity index (χ1) is 4.79. The first-order valence-electron chi connectivity index (χ1n) is 3.75. The first-order valence-corrected chi connectivity index (χ1v) is 3.75. The minimum Gasteiger partial charge on any atom is -0.480 e. The molecule has 3 unspecified atom stereocenters. The molecule has 2 rings (SSSR count). The van der Waals surface area contributed by atoms with Crippen LogP contribution in [0, 0.1) is 11.8 Å². The number of rotatable bonds is 1. The van der Waals surface area contributed by atoms with Crippen LogP contribution in [0.2, 0.25) is 0 Å². The number of piperidine rings is 1. The molecule has 2 N–H and O–H groups in total. The Bertz CT molecular complexity index is 174. The predicted octanol–water partition coefficient (Wildman–Crippen LogP) is 0.491. The fraction of sp³-hybridized carbons (Fsp3) is 0.857. The minimum atomic E-state index is -0.674. The van der Waals surface area contributed by atoms with Crippen molar-refractivity contribution in [3.63, 3.8) is 0 Å². The number of hydrogen-bond acceptors (Lipinski definition) is 2. The molecule has 2 fully saturated rings. The van der Waals surface area contributed by atoms with Crippen molar-refractivity contribution < 1.29 is 9.90 Å². The second-order valence-electron chi connectivity index (χ2n) is 3.22. The summed E-state index contributed by atoms with van der Waals surface area (Å²) in [4.78, 5) is 10.5. The van der Waals surface area contributed by atoms with Crippen molar-refractivity contribution >= 4 is 18.4 Å². The zero-order valence-corrected chi connectivity index (χ0v) is 6.93. The van der Waals surface area contributed by atoms with E-state index in [1.165, 1.54) is 6.42 Å². The Morgan fingerprint density at radius 2 is 2.27 bits per heavy atom. The molecular formula is C7H12ClNO2. The fourth-order valence-corrected chi connectivity index (χ4v) is 1.86. The highest BCUT2D eigenvalue weighted by Gasteiger charge is 2.48. The molecule has 1 saturated heterocycles. The van der Waals surface area contributed by atoms with E-state index in [2.05, 4.69) is 5.32 Å². The van der Waals surface area contributed by atoms with Gasteiger partial charge in [-0.2, -0.15) is 0 Å². The van der Waals surface area contributed by atoms with Crippen LogP contribution in [-0.4, -0.2) is 23.7 Å². The maximum absolute atomic E-state index is 10.5. The van der Waals surface area contributed by atoms with Crippen LogP contribution in [0.4, 0.5) is 0 Å². The number of hydrogen-bond donors (Lipinski definition) is 2. The molecule has 1 aliphatic carbocycles. The number of nitrogens with one attached hydrogen (secondary N) is 1. The SMILES string of the molecule is Cl.O=C(O)C1NCCC2CC21. The zero-order valence-electron chi connectivity index (χ0n) is 6.12. The van der Waals surface area contributed by atoms with E-state index in [1.54, 1.807) is 0 Å². The van der Waals surface area contributed by atoms with E-state index in [0.717, 1.165) is 18.9 Å². The minimum absolute atomic E-state index is 0. The Morgan fingerprint density at radius 3 is 2.82 bits per heavy atom. The highest BCUT2D eigenvalue weighted by atomic mass is 35.5. The van der Waals surface area contributed by atoms with Crippen LogP contribution < -0.4 is 5.32 Å². The van der Waals surface area contributed by atoms with Gasteiger partial charge in [-0.1, -0.05) is 0 Å². The van der Waals surface area contributed by atoms with E-state index < -0.39 is 5.97 Å². The van der Waals surface area contributed by atoms with Gasteiger partial charge in [0, 0.05) is 0 Å². The van der Waals surface area contributed by atoms with Gasteiger partial charge in [0.2, 0.25) is 0 Å². The summed E-state index contributed by atoms with van der Waals surface area (Å²) in [6.07, 6.45) is 2.30. The van der Waals surface area contributed by atoms with E-state index in [0.29, 0.717) is 5.92 Å². The van der Waals surface area contributed by atoms with Crippen molar-refractivity contribution in [1.82, 2.24) is 5.32 Å². The van der Waals surface area contributed by atoms with Gasteiger partial charge >= 0.3 is 5.97 Å². The third-order valence-corrected chi connectivity index (χ3v) is 2.55. The monoisotopic (exact) mass is 177 g/mol. The number of fused-ring (bicyclic) bond motifs is 1. The number of carbonyl (C=O) groups is 1. The lowest BCUT2D eigenvalue weighted by atomic mass is 10.1. The lowest BCUT2D eigenvalue weighted by Gasteiger charge is -2.18. The van der Waals surface area contributed by atoms with Crippen LogP contribution in [0.1, 0.15) is 12.8 Å². The molecule has 0 amide bonds. The van der Waals surface area contributed by atoms with Crippen molar-refractivity contribution in [2.75, 3.05) is 6.54 Å². The van der Waals surface area contributed by atoms with Gasteiger partial charge in [-0.05, 0) is 31.2 Å². The molecule has 0 spiro atoms. The Balaban J connectivity index is 0.000000605. The third kappa shape index (κ3) is 1.49. The normalized spacial score (nSPS) is 40.2. The van der Waals surface area contributed by atoms with Gasteiger partial charge in [0.25, 0.3) is 0 Å². The summed E-state index contributed by atoms with van der Waals surface area (Å²) in [5, 5.41) is 11.7. The molecule has 0 bridgehead atoms. The first kappa shape index (κ1) is 8.81. The van der Waals surface area contributed by atoms with Crippen LogP contribution in [-0.2, 0) is 4.79 Å². The second-order valence-corrected chi connectivity index (χ2v) is 3.22. The molecule has 64 valence electrons. The van der Waals surface area contributed by atoms with Crippen molar-refractivity contribution in [2.45, 2.75) is 18.9 Å². The summed E-state index contributed by atoms with van der Waals surface area (Å²) in [6, 6.07) is -0.237. The van der Waals surface area contributed by atoms with Crippen LogP contribution in [0.15, 0.2) is 0 Å². The molecule has 1 aliphatic heterocycles. The van der Waals surface area contributed by atoms with Gasteiger partial charge in [-0.15, -0.1) is 12.4 Å². The highest BCUT2D eigenvalue weighted by molar-refractivity contribution is 5.85. The summed E-state index contributed by atoms with van der Waals surface area (Å²) in [7, 11) is 0. The number of halogens is 1. The molecule has 4 heteroatoms. The molecule has 3 atom stereocenters. The molecule has 1 heterocycles. The Morgan fingerprint density at radius 1 is 1.55 bits per heavy atom. The van der Waals surface area contributed by atoms with E-state index >= 15 is 0 Å². The quantitative estimate of drug-likeness (QED) is 0.613. The summed E-state index contributed by atoms with van der Waals surface area (Å²) in [5.74, 6) is 0.501. The maximum atomic E-state index is 10.5. The van der Waals surface area contributed by atoms with Gasteiger partial charge in [-0.3, -0.25) is 4.79 Å². The molecule has 0 aromatic carbocycles. The van der Waals surface area contributed by atoms with E-state index in [-0.39, 0.29) is 18.4 Å². The van der Waals surface area contributed by atoms with E-state index in [9.17, 15) is 4.79 Å². The van der Waals surface area contributed by atoms with Crippen LogP contribution in [0.5, 0.6) is 0 Å². The van der Waals surface area contributed by atoms with Gasteiger partial charge in [0.1, 0.15) is 6.04 Å². The molecule has 0 aromatic rings. The van der Waals surface area contributed by atoms with Crippen molar-refractivity contribution in [3.05, 3.63) is 0 Å². The summed E-state index contributed by atoms with van der Waals surface area (Å²) < 4.78 is 0. The summed E-state index contributed by atoms with van der Waals surface area (Å²) in [5.41, 5.74) is 0. The lowest BCUT2D eigenvalue weighted by molar-refractivity contribution is -0.140. The second kappa shape index (κ2) is 2.99. The predicted molar refractivity (Wildman–Crippen MR) is 42.9 cm³/mol. The van der Waals surface area contributed by atoms with Crippen LogP contribution in [0.25, 0.3) is 0 Å². The average molecular weight is 178 g/mol. The van der Waals surface area contributed by atoms with Crippen molar-refractivity contribution in [1.29, 1.82) is 0 Å². The summed E-state index contributed by atoms with van der Waals surface area (Å²) in [6.45, 7) is 0.887. The Hall–Kier alpha value is -0.280. The van der Waals surface area contributed by atoms with Gasteiger partial charge in [-0.25, -0.2) is 0 Å². The molecular weight excluding hydrogens is 166 g/mol. The molecule has 11 heavy (non-hydrogen) atoms. The molecule has 3 nitrogen and oxygen atoms in total. The summed E-state index contributed by atoms with van der Waals surface area (Å²) >= 11 is 0. The van der Waals surface area contributed by atoms with Crippen molar-refractivity contribution in [3.8, 4) is 0 Å². The Kier molecular flexibility index (Phi) is 2.40. The van der Waals surface area contributed by atoms with Gasteiger partial charge in [0.05, 0.1) is 0 Å². The highest BCUT2D eigenvalue weighted by Crippen LogP contribution is 2.45. The van der Waals surface area contributed by atoms with Crippen LogP contribution >= 0.6 is 12.4 Å². The van der Waals surface area contributed by atoms with Gasteiger partial charge < -0.3 is 10.4 Å². The molecule has 0 aromatic heterocycles. The van der Waals surface area contributed by atoms with Crippen LogP contribution in [0.3, 0.4) is 0 Å². The van der Waals surface area contributed by atoms with E-state index in [4.69, 9.17) is 5.11 Å². The smallest absolute Gasteiger partial charge is 0.320 e. The Labute approximate surface area is 71.6 Å². The topological polar surface area (TPSA) is 49.3 Å². The number of carboxylic acids is 1. The lowest BCUT2D eigenvalue weighted by Crippen LogP contribution is -2.42. The maximum Gasteiger partial charge on any atom is 0.320 e. The molecule has 1 saturated carbocycles. The van der Waals surface area contributed by atoms with Gasteiger partial charge in [0.15, 0.2) is 0 Å². The number of aliphatic carboxylic acids is 1. The van der Waals surface area contributed by atoms with Crippen molar-refractivity contribution in [2.24, 2.45) is 11.8 Å². The molecule has 2 aliphatic rings. The zero-order chi connectivity index (χ0) is 7.14. The fourth-order valence-electron chi connectivity index (χ4n) is 1.86. The third-order valence-electron chi connectivity index (χ3n) is 2.55.